The van der Waals surface area contributed by atoms with Gasteiger partial charge in [-0.25, -0.2) is 17.8 Å². The van der Waals surface area contributed by atoms with Crippen LogP contribution in [0.1, 0.15) is 16.7 Å². The van der Waals surface area contributed by atoms with Gasteiger partial charge in [0, 0.05) is 0 Å². The minimum Gasteiger partial charge on any atom is -0.250 e. The van der Waals surface area contributed by atoms with Crippen LogP contribution in [-0.4, -0.2) is 23.2 Å². The molecule has 3 aromatic rings. The molecule has 1 aromatic heterocycles. The largest absolute Gasteiger partial charge is 0.255 e. The molecule has 0 saturated carbocycles. The zero-order chi connectivity index (χ0) is 17.0. The topological polar surface area (TPSA) is 76.9 Å². The van der Waals surface area contributed by atoms with Crippen LogP contribution in [0.15, 0.2) is 60.9 Å². The summed E-state index contributed by atoms with van der Waals surface area (Å²) >= 11 is 0. The van der Waals surface area contributed by atoms with Crippen molar-refractivity contribution in [2.24, 2.45) is 0 Å². The minimum absolute atomic E-state index is 0.0820. The van der Waals surface area contributed by atoms with Gasteiger partial charge in [0.05, 0.1) is 12.3 Å². The lowest BCUT2D eigenvalue weighted by atomic mass is 10.1. The molecule has 0 aliphatic rings. The molecule has 0 aliphatic heterocycles. The van der Waals surface area contributed by atoms with E-state index in [2.05, 4.69) is 20.9 Å². The number of aromatic nitrogens is 3. The molecule has 6 nitrogen and oxygen atoms in total. The highest BCUT2D eigenvalue weighted by Gasteiger charge is 2.14. The van der Waals surface area contributed by atoms with E-state index >= 15 is 0 Å². The fourth-order valence-electron chi connectivity index (χ4n) is 2.38. The van der Waals surface area contributed by atoms with Crippen molar-refractivity contribution in [3.8, 4) is 0 Å². The van der Waals surface area contributed by atoms with Crippen LogP contribution in [0.3, 0.4) is 0 Å². The van der Waals surface area contributed by atoms with Crippen molar-refractivity contribution >= 4 is 16.0 Å². The van der Waals surface area contributed by atoms with Crippen molar-refractivity contribution in [3.63, 3.8) is 0 Å². The van der Waals surface area contributed by atoms with E-state index in [1.54, 1.807) is 28.9 Å². The van der Waals surface area contributed by atoms with Gasteiger partial charge in [0.2, 0.25) is 10.0 Å². The molecule has 1 heterocycles. The molecular formula is C17H18N4O2S. The second kappa shape index (κ2) is 6.84. The quantitative estimate of drug-likeness (QED) is 0.747. The van der Waals surface area contributed by atoms with Crippen LogP contribution >= 0.6 is 0 Å². The van der Waals surface area contributed by atoms with Gasteiger partial charge in [-0.05, 0) is 18.1 Å². The summed E-state index contributed by atoms with van der Waals surface area (Å²) in [4.78, 5) is 4.02. The highest BCUT2D eigenvalue weighted by molar-refractivity contribution is 7.91. The average Bonchev–Trinajstić information content (AvgIpc) is 2.94. The number of hydrogen-bond donors (Lipinski definition) is 1. The van der Waals surface area contributed by atoms with Crippen molar-refractivity contribution in [1.29, 1.82) is 0 Å². The van der Waals surface area contributed by atoms with Crippen molar-refractivity contribution in [3.05, 3.63) is 77.6 Å². The number of nitrogens with one attached hydrogen (secondary N) is 1. The van der Waals surface area contributed by atoms with Gasteiger partial charge in [0.25, 0.3) is 5.95 Å². The van der Waals surface area contributed by atoms with Gasteiger partial charge in [-0.15, -0.1) is 5.10 Å². The van der Waals surface area contributed by atoms with Crippen molar-refractivity contribution in [2.45, 2.75) is 19.2 Å². The van der Waals surface area contributed by atoms with Crippen molar-refractivity contribution < 1.29 is 8.42 Å². The van der Waals surface area contributed by atoms with Crippen LogP contribution < -0.4 is 4.72 Å². The zero-order valence-electron chi connectivity index (χ0n) is 13.3. The maximum atomic E-state index is 12.2. The molecule has 0 aliphatic carbocycles. The van der Waals surface area contributed by atoms with Gasteiger partial charge in [0.15, 0.2) is 0 Å². The first-order valence-corrected chi connectivity index (χ1v) is 9.15. The Balaban J connectivity index is 1.67. The van der Waals surface area contributed by atoms with Crippen LogP contribution in [-0.2, 0) is 22.3 Å². The summed E-state index contributed by atoms with van der Waals surface area (Å²) in [6, 6.07) is 17.0. The van der Waals surface area contributed by atoms with Gasteiger partial charge in [-0.3, -0.25) is 0 Å². The second-order valence-corrected chi connectivity index (χ2v) is 7.32. The Morgan fingerprint density at radius 2 is 1.79 bits per heavy atom. The molecule has 7 heteroatoms. The Morgan fingerprint density at radius 1 is 1.04 bits per heavy atom. The molecule has 24 heavy (non-hydrogen) atoms. The molecule has 0 unspecified atom stereocenters. The lowest BCUT2D eigenvalue weighted by Gasteiger charge is -2.05. The summed E-state index contributed by atoms with van der Waals surface area (Å²) in [7, 11) is -3.54. The van der Waals surface area contributed by atoms with E-state index in [-0.39, 0.29) is 11.7 Å². The fourth-order valence-corrected chi connectivity index (χ4v) is 3.46. The number of sulfonamides is 1. The Bertz CT molecular complexity index is 921. The van der Waals surface area contributed by atoms with E-state index in [4.69, 9.17) is 0 Å². The molecule has 1 N–H and O–H groups in total. The standard InChI is InChI=1S/C17H18N4O2S/c1-14-6-5-9-16(10-14)11-21-13-18-17(19-21)20-24(22,23)12-15-7-3-2-4-8-15/h2-10,13H,11-12H2,1H3,(H,19,20). The molecule has 0 atom stereocenters. The summed E-state index contributed by atoms with van der Waals surface area (Å²) in [6.45, 7) is 2.56. The maximum Gasteiger partial charge on any atom is 0.255 e. The van der Waals surface area contributed by atoms with Crippen LogP contribution in [0, 0.1) is 6.92 Å². The average molecular weight is 342 g/mol. The number of aryl methyl sites for hydroxylation is 1. The highest BCUT2D eigenvalue weighted by atomic mass is 32.2. The first kappa shape index (κ1) is 16.2. The SMILES string of the molecule is Cc1cccc(Cn2cnc(NS(=O)(=O)Cc3ccccc3)n2)c1. The van der Waals surface area contributed by atoms with E-state index in [9.17, 15) is 8.42 Å². The van der Waals surface area contributed by atoms with E-state index in [1.807, 2.05) is 31.2 Å². The molecule has 0 amide bonds. The summed E-state index contributed by atoms with van der Waals surface area (Å²) in [6.07, 6.45) is 1.52. The van der Waals surface area contributed by atoms with E-state index in [0.717, 1.165) is 11.1 Å². The molecule has 0 bridgehead atoms. The first-order valence-electron chi connectivity index (χ1n) is 7.50. The number of nitrogens with zero attached hydrogens (tertiary/aromatic N) is 3. The monoisotopic (exact) mass is 342 g/mol. The molecule has 0 radical (unpaired) electrons. The Labute approximate surface area is 141 Å². The third-order valence-corrected chi connectivity index (χ3v) is 4.62. The maximum absolute atomic E-state index is 12.2. The molecule has 124 valence electrons. The van der Waals surface area contributed by atoms with E-state index < -0.39 is 10.0 Å². The molecule has 0 saturated heterocycles. The predicted molar refractivity (Wildman–Crippen MR) is 93.0 cm³/mol. The number of hydrogen-bond acceptors (Lipinski definition) is 4. The third-order valence-electron chi connectivity index (χ3n) is 3.41. The lowest BCUT2D eigenvalue weighted by molar-refractivity contribution is 0.599. The first-order chi connectivity index (χ1) is 11.5. The van der Waals surface area contributed by atoms with Gasteiger partial charge in [0.1, 0.15) is 6.33 Å². The number of anilines is 1. The molecule has 0 spiro atoms. The Hall–Kier alpha value is -2.67. The smallest absolute Gasteiger partial charge is 0.250 e. The van der Waals surface area contributed by atoms with Crippen molar-refractivity contribution in [1.82, 2.24) is 14.8 Å². The van der Waals surface area contributed by atoms with Crippen molar-refractivity contribution in [2.75, 3.05) is 4.72 Å². The summed E-state index contributed by atoms with van der Waals surface area (Å²) in [5.41, 5.74) is 2.96. The third kappa shape index (κ3) is 4.42. The van der Waals surface area contributed by atoms with E-state index in [0.29, 0.717) is 12.1 Å². The second-order valence-electron chi connectivity index (χ2n) is 5.60. The fraction of sp³-hybridized carbons (Fsp3) is 0.176. The molecule has 3 rings (SSSR count). The summed E-state index contributed by atoms with van der Waals surface area (Å²) in [5.74, 6) is -0.0288. The van der Waals surface area contributed by atoms with Gasteiger partial charge in [-0.2, -0.15) is 4.98 Å². The van der Waals surface area contributed by atoms with Crippen LogP contribution in [0.5, 0.6) is 0 Å². The minimum atomic E-state index is -3.54. The van der Waals surface area contributed by atoms with Gasteiger partial charge < -0.3 is 0 Å². The summed E-state index contributed by atoms with van der Waals surface area (Å²) in [5, 5.41) is 4.18. The van der Waals surface area contributed by atoms with E-state index in [1.165, 1.54) is 6.33 Å². The lowest BCUT2D eigenvalue weighted by Crippen LogP contribution is -2.16. The van der Waals surface area contributed by atoms with Gasteiger partial charge in [-0.1, -0.05) is 60.2 Å². The number of benzene rings is 2. The molecule has 0 fully saturated rings. The summed E-state index contributed by atoms with van der Waals surface area (Å²) < 4.78 is 28.4. The van der Waals surface area contributed by atoms with Crippen LogP contribution in [0.4, 0.5) is 5.95 Å². The number of rotatable bonds is 6. The predicted octanol–water partition coefficient (Wildman–Crippen LogP) is 2.58. The molecule has 2 aromatic carbocycles. The highest BCUT2D eigenvalue weighted by Crippen LogP contribution is 2.10. The van der Waals surface area contributed by atoms with Gasteiger partial charge >= 0.3 is 0 Å². The Kier molecular flexibility index (Phi) is 4.61. The normalized spacial score (nSPS) is 11.4. The molecular weight excluding hydrogens is 324 g/mol. The zero-order valence-corrected chi connectivity index (χ0v) is 14.1. The Morgan fingerprint density at radius 3 is 2.54 bits per heavy atom. The van der Waals surface area contributed by atoms with Crippen LogP contribution in [0.2, 0.25) is 0 Å². The van der Waals surface area contributed by atoms with Crippen LogP contribution in [0.25, 0.3) is 0 Å².